The lowest BCUT2D eigenvalue weighted by Gasteiger charge is -2.35. The van der Waals surface area contributed by atoms with Crippen LogP contribution in [0.3, 0.4) is 0 Å². The zero-order valence-corrected chi connectivity index (χ0v) is 18.2. The number of rotatable bonds is 3. The van der Waals surface area contributed by atoms with E-state index < -0.39 is 0 Å². The molecule has 1 fully saturated rings. The highest BCUT2D eigenvalue weighted by molar-refractivity contribution is 5.90. The summed E-state index contributed by atoms with van der Waals surface area (Å²) in [5.41, 5.74) is 5.12. The minimum Gasteiger partial charge on any atom is -0.454 e. The van der Waals surface area contributed by atoms with E-state index in [0.717, 1.165) is 17.1 Å². The summed E-state index contributed by atoms with van der Waals surface area (Å²) in [6.07, 6.45) is 0. The van der Waals surface area contributed by atoms with Gasteiger partial charge in [-0.15, -0.1) is 10.2 Å². The number of nitrogens with one attached hydrogen (secondary N) is 1. The molecule has 3 heterocycles. The van der Waals surface area contributed by atoms with Gasteiger partial charge in [-0.1, -0.05) is 12.1 Å². The average molecular weight is 431 g/mol. The number of anilines is 2. The van der Waals surface area contributed by atoms with Crippen molar-refractivity contribution in [2.24, 2.45) is 0 Å². The highest BCUT2D eigenvalue weighted by Crippen LogP contribution is 2.34. The number of ether oxygens (including phenoxy) is 2. The molecule has 2 amide bonds. The molecule has 0 aliphatic carbocycles. The van der Waals surface area contributed by atoms with E-state index in [-0.39, 0.29) is 12.8 Å². The Kier molecular flexibility index (Phi) is 5.26. The Bertz CT molecular complexity index is 1140. The standard InChI is InChI=1S/C24H25N5O3/c1-16-3-4-18(13-17(16)2)20-6-8-23(27-26-20)28-9-11-29(12-10-28)24(30)25-19-5-7-21-22(14-19)32-15-31-21/h3-8,13-14H,9-12,15H2,1-2H3,(H,25,30). The lowest BCUT2D eigenvalue weighted by atomic mass is 10.0. The van der Waals surface area contributed by atoms with Crippen LogP contribution in [0.4, 0.5) is 16.3 Å². The highest BCUT2D eigenvalue weighted by Gasteiger charge is 2.23. The molecule has 3 aromatic rings. The summed E-state index contributed by atoms with van der Waals surface area (Å²) in [4.78, 5) is 16.6. The third-order valence-electron chi connectivity index (χ3n) is 5.97. The van der Waals surface area contributed by atoms with Crippen LogP contribution in [0.1, 0.15) is 11.1 Å². The van der Waals surface area contributed by atoms with Gasteiger partial charge in [0.1, 0.15) is 0 Å². The molecule has 1 aromatic heterocycles. The molecule has 164 valence electrons. The molecule has 8 nitrogen and oxygen atoms in total. The second kappa shape index (κ2) is 8.37. The van der Waals surface area contributed by atoms with Gasteiger partial charge >= 0.3 is 6.03 Å². The molecule has 2 aliphatic rings. The van der Waals surface area contributed by atoms with Crippen LogP contribution in [0.25, 0.3) is 11.3 Å². The first-order valence-electron chi connectivity index (χ1n) is 10.7. The molecule has 0 unspecified atom stereocenters. The van der Waals surface area contributed by atoms with Gasteiger partial charge in [0.05, 0.1) is 5.69 Å². The number of piperazine rings is 1. The molecule has 0 atom stereocenters. The summed E-state index contributed by atoms with van der Waals surface area (Å²) in [6, 6.07) is 15.6. The zero-order valence-electron chi connectivity index (χ0n) is 18.2. The van der Waals surface area contributed by atoms with Crippen molar-refractivity contribution in [3.05, 3.63) is 59.7 Å². The molecule has 0 radical (unpaired) electrons. The molecule has 32 heavy (non-hydrogen) atoms. The molecule has 2 aliphatic heterocycles. The van der Waals surface area contributed by atoms with Crippen molar-refractivity contribution in [2.75, 3.05) is 43.2 Å². The maximum absolute atomic E-state index is 12.7. The van der Waals surface area contributed by atoms with Gasteiger partial charge in [-0.05, 0) is 55.3 Å². The normalized spacial score (nSPS) is 15.1. The van der Waals surface area contributed by atoms with E-state index in [2.05, 4.69) is 52.5 Å². The van der Waals surface area contributed by atoms with Crippen molar-refractivity contribution in [1.82, 2.24) is 15.1 Å². The molecular formula is C24H25N5O3. The fourth-order valence-electron chi connectivity index (χ4n) is 3.86. The fourth-order valence-corrected chi connectivity index (χ4v) is 3.86. The lowest BCUT2D eigenvalue weighted by Crippen LogP contribution is -2.50. The topological polar surface area (TPSA) is 79.8 Å². The summed E-state index contributed by atoms with van der Waals surface area (Å²) in [5, 5.41) is 11.8. The maximum atomic E-state index is 12.7. The Balaban J connectivity index is 1.18. The molecule has 0 bridgehead atoms. The van der Waals surface area contributed by atoms with E-state index in [4.69, 9.17) is 9.47 Å². The smallest absolute Gasteiger partial charge is 0.321 e. The van der Waals surface area contributed by atoms with E-state index in [0.29, 0.717) is 43.4 Å². The fraction of sp³-hybridized carbons (Fsp3) is 0.292. The number of nitrogens with zero attached hydrogens (tertiary/aromatic N) is 4. The largest absolute Gasteiger partial charge is 0.454 e. The predicted molar refractivity (Wildman–Crippen MR) is 122 cm³/mol. The van der Waals surface area contributed by atoms with Crippen LogP contribution in [0, 0.1) is 13.8 Å². The van der Waals surface area contributed by atoms with Gasteiger partial charge in [-0.3, -0.25) is 0 Å². The van der Waals surface area contributed by atoms with Crippen molar-refractivity contribution in [2.45, 2.75) is 13.8 Å². The predicted octanol–water partition coefficient (Wildman–Crippen LogP) is 3.84. The monoisotopic (exact) mass is 431 g/mol. The van der Waals surface area contributed by atoms with Crippen molar-refractivity contribution in [1.29, 1.82) is 0 Å². The first-order valence-corrected chi connectivity index (χ1v) is 10.7. The van der Waals surface area contributed by atoms with Gasteiger partial charge < -0.3 is 24.6 Å². The van der Waals surface area contributed by atoms with Crippen molar-refractivity contribution in [3.63, 3.8) is 0 Å². The van der Waals surface area contributed by atoms with E-state index >= 15 is 0 Å². The summed E-state index contributed by atoms with van der Waals surface area (Å²) in [7, 11) is 0. The van der Waals surface area contributed by atoms with Gasteiger partial charge in [-0.2, -0.15) is 0 Å². The first kappa shape index (κ1) is 20.1. The number of amides is 2. The van der Waals surface area contributed by atoms with Gasteiger partial charge in [0.15, 0.2) is 17.3 Å². The van der Waals surface area contributed by atoms with E-state index in [1.807, 2.05) is 18.2 Å². The minimum absolute atomic E-state index is 0.125. The summed E-state index contributed by atoms with van der Waals surface area (Å²) in [5.74, 6) is 2.17. The molecule has 2 aromatic carbocycles. The molecule has 8 heteroatoms. The first-order chi connectivity index (χ1) is 15.6. The van der Waals surface area contributed by atoms with Gasteiger partial charge in [-0.25, -0.2) is 4.79 Å². The Morgan fingerprint density at radius 2 is 1.69 bits per heavy atom. The number of hydrogen-bond donors (Lipinski definition) is 1. The van der Waals surface area contributed by atoms with E-state index in [9.17, 15) is 4.79 Å². The number of carbonyl (C=O) groups excluding carboxylic acids is 1. The van der Waals surface area contributed by atoms with Crippen LogP contribution >= 0.6 is 0 Å². The molecule has 1 N–H and O–H groups in total. The molecule has 0 spiro atoms. The van der Waals surface area contributed by atoms with Gasteiger partial charge in [0, 0.05) is 43.5 Å². The quantitative estimate of drug-likeness (QED) is 0.679. The number of aryl methyl sites for hydroxylation is 2. The SMILES string of the molecule is Cc1ccc(-c2ccc(N3CCN(C(=O)Nc4ccc5c(c4)OCO5)CC3)nn2)cc1C. The Morgan fingerprint density at radius 3 is 2.44 bits per heavy atom. The van der Waals surface area contributed by atoms with Crippen LogP contribution in [-0.2, 0) is 0 Å². The second-order valence-electron chi connectivity index (χ2n) is 8.05. The van der Waals surface area contributed by atoms with E-state index in [1.165, 1.54) is 11.1 Å². The zero-order chi connectivity index (χ0) is 22.1. The Labute approximate surface area is 186 Å². The van der Waals surface area contributed by atoms with Gasteiger partial charge in [0.2, 0.25) is 6.79 Å². The molecule has 0 saturated carbocycles. The third kappa shape index (κ3) is 4.03. The van der Waals surface area contributed by atoms with Crippen LogP contribution in [0.5, 0.6) is 11.5 Å². The van der Waals surface area contributed by atoms with Crippen molar-refractivity contribution < 1.29 is 14.3 Å². The number of urea groups is 1. The minimum atomic E-state index is -0.125. The van der Waals surface area contributed by atoms with E-state index in [1.54, 1.807) is 17.0 Å². The molecular weight excluding hydrogens is 406 g/mol. The maximum Gasteiger partial charge on any atom is 0.321 e. The summed E-state index contributed by atoms with van der Waals surface area (Å²) < 4.78 is 10.7. The van der Waals surface area contributed by atoms with Crippen LogP contribution in [-0.4, -0.2) is 54.1 Å². The number of benzene rings is 2. The lowest BCUT2D eigenvalue weighted by molar-refractivity contribution is 0.174. The van der Waals surface area contributed by atoms with Crippen LogP contribution in [0.2, 0.25) is 0 Å². The number of aromatic nitrogens is 2. The summed E-state index contributed by atoms with van der Waals surface area (Å²) in [6.45, 7) is 7.03. The number of hydrogen-bond acceptors (Lipinski definition) is 6. The molecule has 1 saturated heterocycles. The highest BCUT2D eigenvalue weighted by atomic mass is 16.7. The molecule has 5 rings (SSSR count). The third-order valence-corrected chi connectivity index (χ3v) is 5.97. The van der Waals surface area contributed by atoms with Gasteiger partial charge in [0.25, 0.3) is 0 Å². The second-order valence-corrected chi connectivity index (χ2v) is 8.05. The van der Waals surface area contributed by atoms with Crippen LogP contribution in [0.15, 0.2) is 48.5 Å². The average Bonchev–Trinajstić information content (AvgIpc) is 3.29. The Morgan fingerprint density at radius 1 is 0.875 bits per heavy atom. The number of carbonyl (C=O) groups is 1. The number of fused-ring (bicyclic) bond motifs is 1. The van der Waals surface area contributed by atoms with Crippen LogP contribution < -0.4 is 19.7 Å². The van der Waals surface area contributed by atoms with Crippen molar-refractivity contribution >= 4 is 17.5 Å². The Hall–Kier alpha value is -3.81. The van der Waals surface area contributed by atoms with Crippen molar-refractivity contribution in [3.8, 4) is 22.8 Å². The summed E-state index contributed by atoms with van der Waals surface area (Å²) >= 11 is 0.